The number of hydrogen-bond acceptors (Lipinski definition) is 1. The highest BCUT2D eigenvalue weighted by Gasteiger charge is 2.20. The number of benzene rings is 5. The van der Waals surface area contributed by atoms with Crippen molar-refractivity contribution in [1.29, 1.82) is 0 Å². The second-order valence-corrected chi connectivity index (χ2v) is 11.0. The molecule has 39 heavy (non-hydrogen) atoms. The van der Waals surface area contributed by atoms with Crippen LogP contribution >= 0.6 is 11.8 Å². The van der Waals surface area contributed by atoms with E-state index in [1.165, 1.54) is 65.4 Å². The Morgan fingerprint density at radius 1 is 0.718 bits per heavy atom. The molecule has 0 unspecified atom stereocenters. The third-order valence-electron chi connectivity index (χ3n) is 7.64. The van der Waals surface area contributed by atoms with Crippen molar-refractivity contribution < 1.29 is 0 Å². The summed E-state index contributed by atoms with van der Waals surface area (Å²) in [5.41, 5.74) is 9.94. The minimum Gasteiger partial charge on any atom is -0.121 e. The first kappa shape index (κ1) is 25.2. The van der Waals surface area contributed by atoms with Crippen molar-refractivity contribution in [2.75, 3.05) is 5.75 Å². The summed E-state index contributed by atoms with van der Waals surface area (Å²) >= 11 is 1.93. The van der Waals surface area contributed by atoms with E-state index in [2.05, 4.69) is 129 Å². The lowest BCUT2D eigenvalue weighted by atomic mass is 9.84. The topological polar surface area (TPSA) is 0 Å². The molecule has 1 aliphatic heterocycles. The van der Waals surface area contributed by atoms with Crippen molar-refractivity contribution in [3.8, 4) is 22.3 Å². The smallest absolute Gasteiger partial charge is 0.0229 e. The number of thioether (sulfide) groups is 1. The molecule has 0 radical (unpaired) electrons. The summed E-state index contributed by atoms with van der Waals surface area (Å²) in [6, 6.07) is 31.3. The molecule has 5 aromatic rings. The summed E-state index contributed by atoms with van der Waals surface area (Å²) in [7, 11) is 0. The largest absolute Gasteiger partial charge is 0.121 e. The van der Waals surface area contributed by atoms with Gasteiger partial charge in [-0.25, -0.2) is 0 Å². The van der Waals surface area contributed by atoms with E-state index in [1.807, 2.05) is 17.8 Å². The summed E-state index contributed by atoms with van der Waals surface area (Å²) in [5.74, 6) is 0.967. The second-order valence-electron chi connectivity index (χ2n) is 10.00. The summed E-state index contributed by atoms with van der Waals surface area (Å²) in [6.45, 7) is 10.6. The Kier molecular flexibility index (Phi) is 7.09. The molecule has 190 valence electrons. The molecule has 5 aromatic carbocycles. The summed E-state index contributed by atoms with van der Waals surface area (Å²) in [6.07, 6.45) is 12.8. The minimum absolute atomic E-state index is 0.967. The van der Waals surface area contributed by atoms with Crippen molar-refractivity contribution in [2.45, 2.75) is 24.7 Å². The number of hydrogen-bond donors (Lipinski definition) is 0. The molecule has 6 rings (SSSR count). The van der Waals surface area contributed by atoms with Gasteiger partial charge in [-0.2, -0.15) is 0 Å². The van der Waals surface area contributed by atoms with Crippen molar-refractivity contribution in [3.63, 3.8) is 0 Å². The monoisotopic (exact) mass is 520 g/mol. The van der Waals surface area contributed by atoms with E-state index in [9.17, 15) is 0 Å². The highest BCUT2D eigenvalue weighted by atomic mass is 32.2. The fourth-order valence-electron chi connectivity index (χ4n) is 5.85. The molecule has 0 nitrogen and oxygen atoms in total. The molecule has 0 N–H and O–H groups in total. The first-order chi connectivity index (χ1) is 19.2. The van der Waals surface area contributed by atoms with Gasteiger partial charge in [-0.15, -0.1) is 11.8 Å². The normalized spacial score (nSPS) is 14.6. The predicted molar refractivity (Wildman–Crippen MR) is 175 cm³/mol. The highest BCUT2D eigenvalue weighted by molar-refractivity contribution is 7.99. The average molecular weight is 521 g/mol. The molecule has 1 aliphatic rings. The lowest BCUT2D eigenvalue weighted by Crippen LogP contribution is -1.95. The molecule has 0 spiro atoms. The van der Waals surface area contributed by atoms with Crippen molar-refractivity contribution in [3.05, 3.63) is 133 Å². The Hall–Kier alpha value is -4.07. The molecule has 0 bridgehead atoms. The standard InChI is InChI=1S/C38H32S/c1-4-14-28-25-29(23-22-27(28)5-2)36-31-16-8-10-18-33(31)37(34-19-11-9-17-32(34)36)35-21-13-20-30-26(3)15-7-6-12-24-39-38(30)35/h4-6,8-14,16-23,25H,2-3,7,15,24H2,1H3/b12-6-,14-4-. The Morgan fingerprint density at radius 3 is 2.05 bits per heavy atom. The van der Waals surface area contributed by atoms with Crippen LogP contribution in [-0.4, -0.2) is 5.75 Å². The van der Waals surface area contributed by atoms with Gasteiger partial charge in [0.1, 0.15) is 0 Å². The van der Waals surface area contributed by atoms with E-state index >= 15 is 0 Å². The quantitative estimate of drug-likeness (QED) is 0.168. The molecule has 1 heteroatoms. The van der Waals surface area contributed by atoms with Crippen LogP contribution in [0.15, 0.2) is 121 Å². The van der Waals surface area contributed by atoms with Crippen LogP contribution in [0, 0.1) is 0 Å². The van der Waals surface area contributed by atoms with E-state index in [-0.39, 0.29) is 0 Å². The van der Waals surface area contributed by atoms with Gasteiger partial charge in [0.05, 0.1) is 0 Å². The zero-order valence-electron chi connectivity index (χ0n) is 22.4. The van der Waals surface area contributed by atoms with Crippen LogP contribution < -0.4 is 0 Å². The average Bonchev–Trinajstić information content (AvgIpc) is 3.06. The molecule has 0 aromatic heterocycles. The van der Waals surface area contributed by atoms with Crippen LogP contribution in [-0.2, 0) is 0 Å². The van der Waals surface area contributed by atoms with Crippen molar-refractivity contribution in [1.82, 2.24) is 0 Å². The maximum Gasteiger partial charge on any atom is 0.0229 e. The van der Waals surface area contributed by atoms with Crippen LogP contribution in [0.4, 0.5) is 0 Å². The van der Waals surface area contributed by atoms with E-state index in [1.54, 1.807) is 0 Å². The first-order valence-electron chi connectivity index (χ1n) is 13.6. The zero-order chi connectivity index (χ0) is 26.8. The van der Waals surface area contributed by atoms with E-state index in [4.69, 9.17) is 0 Å². The van der Waals surface area contributed by atoms with Gasteiger partial charge in [0.25, 0.3) is 0 Å². The lowest BCUT2D eigenvalue weighted by molar-refractivity contribution is 1.06. The van der Waals surface area contributed by atoms with Crippen molar-refractivity contribution >= 4 is 51.0 Å². The molecular formula is C38H32S. The van der Waals surface area contributed by atoms with Gasteiger partial charge in [0, 0.05) is 10.6 Å². The highest BCUT2D eigenvalue weighted by Crippen LogP contribution is 2.47. The summed E-state index contributed by atoms with van der Waals surface area (Å²) in [4.78, 5) is 1.34. The molecule has 0 saturated carbocycles. The van der Waals surface area contributed by atoms with Gasteiger partial charge < -0.3 is 0 Å². The van der Waals surface area contributed by atoms with Crippen molar-refractivity contribution in [2.24, 2.45) is 0 Å². The van der Waals surface area contributed by atoms with Crippen LogP contribution in [0.2, 0.25) is 0 Å². The molecule has 0 saturated heterocycles. The third kappa shape index (κ3) is 4.58. The Balaban J connectivity index is 1.71. The molecule has 1 heterocycles. The van der Waals surface area contributed by atoms with E-state index in [0.29, 0.717) is 0 Å². The van der Waals surface area contributed by atoms with Gasteiger partial charge in [0.15, 0.2) is 0 Å². The first-order valence-corrected chi connectivity index (χ1v) is 14.6. The van der Waals surface area contributed by atoms with Gasteiger partial charge in [-0.05, 0) is 91.9 Å². The fraction of sp³-hybridized carbons (Fsp3) is 0.105. The minimum atomic E-state index is 0.967. The molecule has 0 aliphatic carbocycles. The van der Waals surface area contributed by atoms with Gasteiger partial charge in [0.2, 0.25) is 0 Å². The third-order valence-corrected chi connectivity index (χ3v) is 8.73. The van der Waals surface area contributed by atoms with Crippen LogP contribution in [0.1, 0.15) is 36.5 Å². The van der Waals surface area contributed by atoms with Gasteiger partial charge >= 0.3 is 0 Å². The SMILES string of the molecule is C=Cc1ccc(-c2c3ccccc3c(-c3cccc4c3SC/C=C\CCC4=C)c3ccccc23)cc1/C=C\C. The lowest BCUT2D eigenvalue weighted by Gasteiger charge is -2.21. The molecule has 0 amide bonds. The van der Waals surface area contributed by atoms with Gasteiger partial charge in [-0.1, -0.05) is 122 Å². The molecular weight excluding hydrogens is 488 g/mol. The maximum absolute atomic E-state index is 4.49. The van der Waals surface area contributed by atoms with Crippen LogP contribution in [0.3, 0.4) is 0 Å². The fourth-order valence-corrected chi connectivity index (χ4v) is 6.94. The number of fused-ring (bicyclic) bond motifs is 3. The van der Waals surface area contributed by atoms with Crippen LogP contribution in [0.5, 0.6) is 0 Å². The number of allylic oxidation sites excluding steroid dienone is 3. The predicted octanol–water partition coefficient (Wildman–Crippen LogP) is 11.5. The zero-order valence-corrected chi connectivity index (χ0v) is 23.2. The Bertz CT molecular complexity index is 1740. The molecule has 0 fully saturated rings. The van der Waals surface area contributed by atoms with Crippen LogP contribution in [0.25, 0.3) is 61.5 Å². The Morgan fingerprint density at radius 2 is 1.38 bits per heavy atom. The second kappa shape index (κ2) is 11.0. The maximum atomic E-state index is 4.49. The summed E-state index contributed by atoms with van der Waals surface area (Å²) < 4.78 is 0. The molecule has 0 atom stereocenters. The number of rotatable bonds is 4. The van der Waals surface area contributed by atoms with Gasteiger partial charge in [-0.3, -0.25) is 0 Å². The summed E-state index contributed by atoms with van der Waals surface area (Å²) in [5, 5.41) is 5.10. The van der Waals surface area contributed by atoms with E-state index in [0.717, 1.165) is 24.2 Å². The van der Waals surface area contributed by atoms with E-state index < -0.39 is 0 Å². The Labute approximate surface area is 236 Å².